The molecule has 1 spiro atoms. The predicted octanol–water partition coefficient (Wildman–Crippen LogP) is 2.74. The quantitative estimate of drug-likeness (QED) is 0.219. The lowest BCUT2D eigenvalue weighted by molar-refractivity contribution is -0.138. The minimum atomic E-state index is -4.27. The summed E-state index contributed by atoms with van der Waals surface area (Å²) in [6.07, 6.45) is 1.06. The van der Waals surface area contributed by atoms with Gasteiger partial charge in [0.05, 0.1) is 16.4 Å². The van der Waals surface area contributed by atoms with E-state index in [1.807, 2.05) is 37.3 Å². The molecule has 2 aliphatic rings. The van der Waals surface area contributed by atoms with Crippen LogP contribution in [0.4, 0.5) is 10.6 Å². The second kappa shape index (κ2) is 14.5. The predicted molar refractivity (Wildman–Crippen MR) is 179 cm³/mol. The number of aryl methyl sites for hydroxylation is 3. The molecular weight excluding hydrogens is 652 g/mol. The maximum Gasteiger partial charge on any atom is 0.410 e. The van der Waals surface area contributed by atoms with Crippen molar-refractivity contribution in [3.05, 3.63) is 89.1 Å². The van der Waals surface area contributed by atoms with Gasteiger partial charge in [-0.25, -0.2) is 23.2 Å². The molecule has 3 amide bonds. The largest absolute Gasteiger partial charge is 0.480 e. The molecule has 1 aromatic heterocycles. The lowest BCUT2D eigenvalue weighted by atomic mass is 9.82. The number of amides is 3. The van der Waals surface area contributed by atoms with Crippen LogP contribution < -0.4 is 15.4 Å². The number of nitrogens with one attached hydrogen (secondary N) is 3. The summed E-state index contributed by atoms with van der Waals surface area (Å²) < 4.78 is 34.1. The highest BCUT2D eigenvalue weighted by Crippen LogP contribution is 2.43. The average molecular weight is 691 g/mol. The normalized spacial score (nSPS) is 19.4. The number of carbonyl (C=O) groups excluding carboxylic acids is 3. The van der Waals surface area contributed by atoms with Gasteiger partial charge in [0.2, 0.25) is 10.0 Å². The molecule has 4 N–H and O–H groups in total. The van der Waals surface area contributed by atoms with Gasteiger partial charge in [-0.1, -0.05) is 54.1 Å². The van der Waals surface area contributed by atoms with Crippen molar-refractivity contribution < 1.29 is 37.4 Å². The molecule has 3 atom stereocenters. The van der Waals surface area contributed by atoms with Gasteiger partial charge < -0.3 is 25.4 Å². The number of carboxylic acid groups (broad SMARTS) is 1. The molecule has 1 saturated heterocycles. The smallest absolute Gasteiger partial charge is 0.410 e. The van der Waals surface area contributed by atoms with Crippen LogP contribution in [-0.4, -0.2) is 84.7 Å². The number of aliphatic carboxylic acids is 1. The van der Waals surface area contributed by atoms with Crippen LogP contribution in [0.2, 0.25) is 0 Å². The Labute approximate surface area is 284 Å². The number of anilines is 1. The Bertz CT molecular complexity index is 1860. The van der Waals surface area contributed by atoms with Crippen LogP contribution in [0.5, 0.6) is 0 Å². The molecule has 2 aliphatic heterocycles. The van der Waals surface area contributed by atoms with Crippen LogP contribution in [0.25, 0.3) is 0 Å². The number of rotatable bonds is 12. The Hall–Kier alpha value is -5.15. The number of hydrogen-bond acceptors (Lipinski definition) is 9. The van der Waals surface area contributed by atoms with Gasteiger partial charge in [0.1, 0.15) is 24.2 Å². The summed E-state index contributed by atoms with van der Waals surface area (Å²) in [6.45, 7) is 4.66. The summed E-state index contributed by atoms with van der Waals surface area (Å²) in [5.41, 5.74) is 1.20. The minimum absolute atomic E-state index is 0.0270. The highest BCUT2D eigenvalue weighted by atomic mass is 32.2. The topological polar surface area (TPSA) is 196 Å². The molecule has 3 aromatic rings. The number of hydrogen-bond donors (Lipinski definition) is 4. The van der Waals surface area contributed by atoms with E-state index in [0.717, 1.165) is 11.1 Å². The van der Waals surface area contributed by atoms with Crippen molar-refractivity contribution in [2.45, 2.75) is 57.2 Å². The molecule has 2 aromatic carbocycles. The first-order valence-corrected chi connectivity index (χ1v) is 17.1. The molecule has 0 aliphatic carbocycles. The first kappa shape index (κ1) is 35.2. The standard InChI is InChI=1S/C34H38N6O8S/c1-21-13-22(2)29(23(3)14-21)49(46,47)39-27(31(42)43)18-37-30(41)26-16-34(32(44)38-26)15-25(17-36-28-11-7-8-12-35-28)40(20-34)33(45)48-19-24-9-5-4-6-10-24/h4-14,25,27,39H,15-20H2,1-3H3,(H,35,36)(H,37,41)(H,42,43)/t25?,27-,34?/m0/s1. The number of ether oxygens (including phenoxy) is 1. The van der Waals surface area contributed by atoms with Gasteiger partial charge >= 0.3 is 12.1 Å². The third-order valence-corrected chi connectivity index (χ3v) is 10.3. The molecule has 2 unspecified atom stereocenters. The molecule has 49 heavy (non-hydrogen) atoms. The second-order valence-electron chi connectivity index (χ2n) is 12.4. The van der Waals surface area contributed by atoms with Crippen molar-refractivity contribution in [1.29, 1.82) is 0 Å². The highest BCUT2D eigenvalue weighted by molar-refractivity contribution is 7.89. The summed E-state index contributed by atoms with van der Waals surface area (Å²) in [4.78, 5) is 61.7. The van der Waals surface area contributed by atoms with E-state index in [0.29, 0.717) is 16.9 Å². The molecule has 0 bridgehead atoms. The van der Waals surface area contributed by atoms with Crippen LogP contribution in [0, 0.1) is 26.2 Å². The zero-order chi connectivity index (χ0) is 35.3. The Morgan fingerprint density at radius 1 is 1.06 bits per heavy atom. The molecule has 258 valence electrons. The zero-order valence-corrected chi connectivity index (χ0v) is 28.1. The Kier molecular flexibility index (Phi) is 10.4. The third-order valence-electron chi connectivity index (χ3n) is 8.56. The van der Waals surface area contributed by atoms with E-state index in [4.69, 9.17) is 4.74 Å². The number of likely N-dealkylation sites (tertiary alicyclic amines) is 1. The minimum Gasteiger partial charge on any atom is -0.480 e. The van der Waals surface area contributed by atoms with Gasteiger partial charge in [0.25, 0.3) is 11.8 Å². The van der Waals surface area contributed by atoms with Crippen LogP contribution in [0.3, 0.4) is 0 Å². The monoisotopic (exact) mass is 690 g/mol. The van der Waals surface area contributed by atoms with E-state index in [1.54, 1.807) is 50.4 Å². The molecule has 15 heteroatoms. The van der Waals surface area contributed by atoms with Crippen molar-refractivity contribution in [2.24, 2.45) is 10.4 Å². The number of aliphatic imine (C=N–C) groups is 1. The van der Waals surface area contributed by atoms with E-state index < -0.39 is 57.9 Å². The lowest BCUT2D eigenvalue weighted by Crippen LogP contribution is -2.49. The average Bonchev–Trinajstić information content (AvgIpc) is 3.59. The van der Waals surface area contributed by atoms with Gasteiger partial charge in [-0.15, -0.1) is 0 Å². The Balaban J connectivity index is 1.26. The van der Waals surface area contributed by atoms with Gasteiger partial charge in [0, 0.05) is 32.3 Å². The molecule has 14 nitrogen and oxygen atoms in total. The van der Waals surface area contributed by atoms with E-state index >= 15 is 0 Å². The SMILES string of the molecule is Cc1cc(C)c(S(=O)(=O)N[C@@H](CNC(=O)C2=NC(=O)C3(C2)CC(CNc2ccccn2)N(C(=O)OCc2ccccc2)C3)C(=O)O)c(C)c1. The van der Waals surface area contributed by atoms with Crippen molar-refractivity contribution in [3.8, 4) is 0 Å². The molecule has 3 heterocycles. The lowest BCUT2D eigenvalue weighted by Gasteiger charge is -2.24. The maximum absolute atomic E-state index is 13.4. The fraction of sp³-hybridized carbons (Fsp3) is 0.353. The number of aromatic nitrogens is 1. The summed E-state index contributed by atoms with van der Waals surface area (Å²) in [7, 11) is -4.27. The van der Waals surface area contributed by atoms with Crippen molar-refractivity contribution in [3.63, 3.8) is 0 Å². The van der Waals surface area contributed by atoms with Crippen LogP contribution in [0.1, 0.15) is 35.1 Å². The molecule has 0 radical (unpaired) electrons. The number of carboxylic acids is 1. The van der Waals surface area contributed by atoms with E-state index in [9.17, 15) is 32.7 Å². The first-order valence-electron chi connectivity index (χ1n) is 15.6. The maximum atomic E-state index is 13.4. The highest BCUT2D eigenvalue weighted by Gasteiger charge is 2.55. The third kappa shape index (κ3) is 8.12. The van der Waals surface area contributed by atoms with Crippen molar-refractivity contribution in [2.75, 3.05) is 25.0 Å². The fourth-order valence-corrected chi connectivity index (χ4v) is 8.01. The van der Waals surface area contributed by atoms with Crippen molar-refractivity contribution in [1.82, 2.24) is 19.9 Å². The molecule has 5 rings (SSSR count). The first-order chi connectivity index (χ1) is 23.3. The molecular formula is C34H38N6O8S. The van der Waals surface area contributed by atoms with Gasteiger partial charge in [-0.3, -0.25) is 14.4 Å². The Morgan fingerprint density at radius 2 is 1.76 bits per heavy atom. The fourth-order valence-electron chi connectivity index (χ4n) is 6.37. The van der Waals surface area contributed by atoms with E-state index in [1.165, 1.54) is 4.90 Å². The number of carbonyl (C=O) groups is 4. The van der Waals surface area contributed by atoms with Crippen LogP contribution in [0.15, 0.2) is 76.7 Å². The number of sulfonamides is 1. The number of nitrogens with zero attached hydrogens (tertiary/aromatic N) is 3. The van der Waals surface area contributed by atoms with Crippen molar-refractivity contribution >= 4 is 45.4 Å². The van der Waals surface area contributed by atoms with E-state index in [2.05, 4.69) is 25.3 Å². The van der Waals surface area contributed by atoms with Crippen LogP contribution >= 0.6 is 0 Å². The summed E-state index contributed by atoms with van der Waals surface area (Å²) >= 11 is 0. The van der Waals surface area contributed by atoms with E-state index in [-0.39, 0.29) is 43.1 Å². The summed E-state index contributed by atoms with van der Waals surface area (Å²) in [5, 5.41) is 15.4. The van der Waals surface area contributed by atoms with Gasteiger partial charge in [0.15, 0.2) is 0 Å². The van der Waals surface area contributed by atoms with Crippen LogP contribution in [-0.2, 0) is 35.8 Å². The molecule has 1 fully saturated rings. The summed E-state index contributed by atoms with van der Waals surface area (Å²) in [5.74, 6) is -2.33. The zero-order valence-electron chi connectivity index (χ0n) is 27.3. The summed E-state index contributed by atoms with van der Waals surface area (Å²) in [6, 6.07) is 15.6. The Morgan fingerprint density at radius 3 is 2.41 bits per heavy atom. The molecule has 0 saturated carbocycles. The number of pyridine rings is 1. The van der Waals surface area contributed by atoms with Gasteiger partial charge in [-0.2, -0.15) is 4.72 Å². The van der Waals surface area contributed by atoms with Gasteiger partial charge in [-0.05, 0) is 56.0 Å². The number of benzene rings is 2. The second-order valence-corrected chi connectivity index (χ2v) is 14.0.